The fourth-order valence-corrected chi connectivity index (χ4v) is 3.21. The highest BCUT2D eigenvalue weighted by Gasteiger charge is 2.46. The van der Waals surface area contributed by atoms with Gasteiger partial charge < -0.3 is 9.64 Å². The summed E-state index contributed by atoms with van der Waals surface area (Å²) in [5, 5.41) is -0.468. The zero-order chi connectivity index (χ0) is 15.5. The maximum atomic E-state index is 12.1. The highest BCUT2D eigenvalue weighted by Crippen LogP contribution is 2.39. The third kappa shape index (κ3) is 2.81. The van der Waals surface area contributed by atoms with Gasteiger partial charge in [-0.1, -0.05) is 42.5 Å². The van der Waals surface area contributed by atoms with Crippen LogP contribution in [0.5, 0.6) is 5.75 Å². The van der Waals surface area contributed by atoms with E-state index in [1.165, 1.54) is 5.56 Å². The molecule has 0 radical (unpaired) electrons. The number of amides is 1. The minimum absolute atomic E-state index is 0.0124. The lowest BCUT2D eigenvalue weighted by atomic mass is 9.92. The second kappa shape index (κ2) is 6.41. The van der Waals surface area contributed by atoms with Gasteiger partial charge in [0.15, 0.2) is 0 Å². The minimum atomic E-state index is -0.468. The summed E-state index contributed by atoms with van der Waals surface area (Å²) >= 11 is 6.23. The van der Waals surface area contributed by atoms with Gasteiger partial charge in [0.05, 0.1) is 13.2 Å². The molecule has 1 fully saturated rings. The Morgan fingerprint density at radius 1 is 1.09 bits per heavy atom. The number of rotatable bonds is 5. The summed E-state index contributed by atoms with van der Waals surface area (Å²) in [7, 11) is 1.64. The smallest absolute Gasteiger partial charge is 0.243 e. The van der Waals surface area contributed by atoms with E-state index in [9.17, 15) is 4.79 Å². The maximum Gasteiger partial charge on any atom is 0.243 e. The molecular weight excluding hydrogens is 298 g/mol. The normalized spacial score (nSPS) is 20.6. The molecule has 0 saturated carbocycles. The fourth-order valence-electron chi connectivity index (χ4n) is 2.80. The number of β-lactam (4-membered cyclic amide) rings is 1. The van der Waals surface area contributed by atoms with E-state index in [0.29, 0.717) is 6.54 Å². The van der Waals surface area contributed by atoms with Crippen LogP contribution < -0.4 is 4.74 Å². The number of carbonyl (C=O) groups excluding carboxylic acids is 1. The summed E-state index contributed by atoms with van der Waals surface area (Å²) in [6.45, 7) is 0.683. The first-order valence-corrected chi connectivity index (χ1v) is 7.77. The monoisotopic (exact) mass is 315 g/mol. The number of ether oxygens (including phenoxy) is 1. The number of hydrogen-bond donors (Lipinski definition) is 0. The molecule has 2 atom stereocenters. The van der Waals surface area contributed by atoms with Gasteiger partial charge in [0.1, 0.15) is 11.1 Å². The Bertz CT molecular complexity index is 642. The van der Waals surface area contributed by atoms with E-state index >= 15 is 0 Å². The van der Waals surface area contributed by atoms with Gasteiger partial charge in [-0.25, -0.2) is 0 Å². The molecule has 1 saturated heterocycles. The van der Waals surface area contributed by atoms with Gasteiger partial charge in [0, 0.05) is 6.54 Å². The second-order valence-electron chi connectivity index (χ2n) is 5.39. The van der Waals surface area contributed by atoms with E-state index in [0.717, 1.165) is 17.7 Å². The van der Waals surface area contributed by atoms with Crippen molar-refractivity contribution < 1.29 is 9.53 Å². The van der Waals surface area contributed by atoms with Gasteiger partial charge in [-0.15, -0.1) is 11.6 Å². The summed E-state index contributed by atoms with van der Waals surface area (Å²) < 4.78 is 5.17. The second-order valence-corrected chi connectivity index (χ2v) is 5.86. The quantitative estimate of drug-likeness (QED) is 0.625. The van der Waals surface area contributed by atoms with Crippen LogP contribution in [-0.2, 0) is 11.2 Å². The number of nitrogens with zero attached hydrogens (tertiary/aromatic N) is 1. The van der Waals surface area contributed by atoms with Gasteiger partial charge in [0.25, 0.3) is 0 Å². The zero-order valence-electron chi connectivity index (χ0n) is 12.4. The molecule has 0 aliphatic carbocycles. The lowest BCUT2D eigenvalue weighted by Gasteiger charge is -2.44. The minimum Gasteiger partial charge on any atom is -0.497 e. The van der Waals surface area contributed by atoms with Crippen LogP contribution in [0.3, 0.4) is 0 Å². The number of hydrogen-bond acceptors (Lipinski definition) is 2. The molecule has 3 rings (SSSR count). The summed E-state index contributed by atoms with van der Waals surface area (Å²) in [6.07, 6.45) is 0.836. The Morgan fingerprint density at radius 3 is 2.41 bits per heavy atom. The molecule has 1 amide bonds. The number of carbonyl (C=O) groups is 1. The Morgan fingerprint density at radius 2 is 1.77 bits per heavy atom. The van der Waals surface area contributed by atoms with Crippen LogP contribution >= 0.6 is 11.6 Å². The Hall–Kier alpha value is -2.00. The highest BCUT2D eigenvalue weighted by molar-refractivity contribution is 6.33. The molecule has 2 aromatic rings. The van der Waals surface area contributed by atoms with Crippen LogP contribution in [0.4, 0.5) is 0 Å². The van der Waals surface area contributed by atoms with Crippen molar-refractivity contribution in [3.63, 3.8) is 0 Å². The van der Waals surface area contributed by atoms with E-state index < -0.39 is 5.38 Å². The molecule has 4 heteroatoms. The zero-order valence-corrected chi connectivity index (χ0v) is 13.2. The van der Waals surface area contributed by atoms with Crippen molar-refractivity contribution in [2.24, 2.45) is 0 Å². The van der Waals surface area contributed by atoms with Gasteiger partial charge >= 0.3 is 0 Å². The first kappa shape index (κ1) is 14.9. The largest absolute Gasteiger partial charge is 0.497 e. The average Bonchev–Trinajstić information content (AvgIpc) is 2.59. The number of halogens is 1. The van der Waals surface area contributed by atoms with Gasteiger partial charge in [-0.3, -0.25) is 4.79 Å². The Kier molecular flexibility index (Phi) is 4.34. The molecule has 22 heavy (non-hydrogen) atoms. The standard InChI is InChI=1S/C18H18ClNO2/c1-22-15-9-7-14(8-10-15)17-16(19)18(21)20(17)12-11-13-5-3-2-4-6-13/h2-10,16-17H,11-12H2,1H3/t16-,17+/m0/s1. The average molecular weight is 316 g/mol. The fraction of sp³-hybridized carbons (Fsp3) is 0.278. The molecule has 0 aromatic heterocycles. The molecule has 3 nitrogen and oxygen atoms in total. The van der Waals surface area contributed by atoms with Crippen molar-refractivity contribution in [3.8, 4) is 5.75 Å². The van der Waals surface area contributed by atoms with Gasteiger partial charge in [-0.2, -0.15) is 0 Å². The summed E-state index contributed by atoms with van der Waals surface area (Å²) in [4.78, 5) is 13.9. The van der Waals surface area contributed by atoms with E-state index in [1.54, 1.807) is 7.11 Å². The SMILES string of the molecule is COc1ccc([C@@H]2[C@H](Cl)C(=O)N2CCc2ccccc2)cc1. The molecule has 1 aliphatic rings. The molecule has 114 valence electrons. The topological polar surface area (TPSA) is 29.5 Å². The van der Waals surface area contributed by atoms with Crippen LogP contribution in [0.2, 0.25) is 0 Å². The van der Waals surface area contributed by atoms with Gasteiger partial charge in [-0.05, 0) is 29.7 Å². The first-order valence-electron chi connectivity index (χ1n) is 7.33. The summed E-state index contributed by atoms with van der Waals surface area (Å²) in [5.41, 5.74) is 2.27. The molecule has 0 spiro atoms. The lowest BCUT2D eigenvalue weighted by Crippen LogP contribution is -2.56. The van der Waals surface area contributed by atoms with Crippen molar-refractivity contribution >= 4 is 17.5 Å². The molecule has 1 heterocycles. The van der Waals surface area contributed by atoms with Crippen LogP contribution in [0.15, 0.2) is 54.6 Å². The van der Waals surface area contributed by atoms with Crippen LogP contribution in [0.25, 0.3) is 0 Å². The predicted molar refractivity (Wildman–Crippen MR) is 87.2 cm³/mol. The molecular formula is C18H18ClNO2. The Labute approximate surface area is 135 Å². The first-order chi connectivity index (χ1) is 10.7. The summed E-state index contributed by atoms with van der Waals surface area (Å²) in [5.74, 6) is 0.815. The number of benzene rings is 2. The molecule has 1 aliphatic heterocycles. The van der Waals surface area contributed by atoms with Crippen LogP contribution in [0, 0.1) is 0 Å². The van der Waals surface area contributed by atoms with Crippen molar-refractivity contribution in [1.29, 1.82) is 0 Å². The molecule has 0 N–H and O–H groups in total. The van der Waals surface area contributed by atoms with Crippen molar-refractivity contribution in [3.05, 3.63) is 65.7 Å². The van der Waals surface area contributed by atoms with Crippen LogP contribution in [0.1, 0.15) is 17.2 Å². The maximum absolute atomic E-state index is 12.1. The van der Waals surface area contributed by atoms with E-state index in [-0.39, 0.29) is 11.9 Å². The highest BCUT2D eigenvalue weighted by atomic mass is 35.5. The van der Waals surface area contributed by atoms with E-state index in [2.05, 4.69) is 12.1 Å². The Balaban J connectivity index is 1.70. The van der Waals surface area contributed by atoms with E-state index in [4.69, 9.17) is 16.3 Å². The third-order valence-electron chi connectivity index (χ3n) is 4.07. The van der Waals surface area contributed by atoms with Crippen molar-refractivity contribution in [2.75, 3.05) is 13.7 Å². The molecule has 0 bridgehead atoms. The van der Waals surface area contributed by atoms with E-state index in [1.807, 2.05) is 47.4 Å². The van der Waals surface area contributed by atoms with Crippen molar-refractivity contribution in [1.82, 2.24) is 4.90 Å². The lowest BCUT2D eigenvalue weighted by molar-refractivity contribution is -0.145. The predicted octanol–water partition coefficient (Wildman–Crippen LogP) is 3.43. The van der Waals surface area contributed by atoms with Gasteiger partial charge in [0.2, 0.25) is 5.91 Å². The number of methoxy groups -OCH3 is 1. The third-order valence-corrected chi connectivity index (χ3v) is 4.50. The molecule has 2 aromatic carbocycles. The van der Waals surface area contributed by atoms with Crippen LogP contribution in [-0.4, -0.2) is 29.8 Å². The number of alkyl halides is 1. The van der Waals surface area contributed by atoms with Crippen molar-refractivity contribution in [2.45, 2.75) is 17.8 Å². The molecule has 0 unspecified atom stereocenters. The number of likely N-dealkylation sites (tertiary alicyclic amines) is 1. The summed E-state index contributed by atoms with van der Waals surface area (Å²) in [6, 6.07) is 17.9.